The first-order valence-electron chi connectivity index (χ1n) is 4.57. The lowest BCUT2D eigenvalue weighted by molar-refractivity contribution is 0.142. The fourth-order valence-electron chi connectivity index (χ4n) is 1.25. The third-order valence-corrected chi connectivity index (χ3v) is 3.97. The van der Waals surface area contributed by atoms with Gasteiger partial charge < -0.3 is 4.74 Å². The predicted octanol–water partition coefficient (Wildman–Crippen LogP) is 2.97. The van der Waals surface area contributed by atoms with Crippen molar-refractivity contribution >= 4 is 34.2 Å². The number of nitrogens with zero attached hydrogens (tertiary/aromatic N) is 2. The van der Waals surface area contributed by atoms with Gasteiger partial charge in [0.1, 0.15) is 11.0 Å². The van der Waals surface area contributed by atoms with Crippen molar-refractivity contribution in [1.29, 1.82) is 0 Å². The van der Waals surface area contributed by atoms with Crippen LogP contribution in [0.15, 0.2) is 0 Å². The van der Waals surface area contributed by atoms with Crippen LogP contribution in [-0.4, -0.2) is 23.7 Å². The van der Waals surface area contributed by atoms with E-state index in [0.29, 0.717) is 11.8 Å². The Morgan fingerprint density at radius 3 is 2.47 bits per heavy atom. The quantitative estimate of drug-likeness (QED) is 0.627. The van der Waals surface area contributed by atoms with E-state index in [1.807, 2.05) is 20.8 Å². The number of aryl methyl sites for hydroxylation is 1. The summed E-state index contributed by atoms with van der Waals surface area (Å²) in [5.41, 5.74) is 0.697. The summed E-state index contributed by atoms with van der Waals surface area (Å²) in [4.78, 5) is 8.73. The number of ether oxygens (including phenoxy) is 1. The van der Waals surface area contributed by atoms with Gasteiger partial charge in [-0.25, -0.2) is 9.97 Å². The molecule has 0 atom stereocenters. The normalized spacial score (nSPS) is 11.9. The van der Waals surface area contributed by atoms with Gasteiger partial charge in [-0.3, -0.25) is 0 Å². The number of hydrogen-bond donors (Lipinski definition) is 0. The smallest absolute Gasteiger partial charge is 0.146 e. The number of aromatic nitrogens is 2. The van der Waals surface area contributed by atoms with Gasteiger partial charge in [0.25, 0.3) is 0 Å². The number of methoxy groups -OCH3 is 1. The van der Waals surface area contributed by atoms with Gasteiger partial charge in [-0.15, -0.1) is 0 Å². The summed E-state index contributed by atoms with van der Waals surface area (Å²) in [6.07, 6.45) is 0. The van der Waals surface area contributed by atoms with Gasteiger partial charge in [0.2, 0.25) is 0 Å². The van der Waals surface area contributed by atoms with Crippen molar-refractivity contribution in [2.45, 2.75) is 26.2 Å². The molecule has 0 aromatic carbocycles. The maximum Gasteiger partial charge on any atom is 0.146 e. The summed E-state index contributed by atoms with van der Waals surface area (Å²) in [6.45, 7) is 6.58. The van der Waals surface area contributed by atoms with Gasteiger partial charge in [-0.1, -0.05) is 25.4 Å². The molecule has 1 rings (SSSR count). The molecule has 1 aromatic heterocycles. The van der Waals surface area contributed by atoms with E-state index >= 15 is 0 Å². The summed E-state index contributed by atoms with van der Waals surface area (Å²) in [5.74, 6) is 0.729. The minimum Gasteiger partial charge on any atom is -0.384 e. The van der Waals surface area contributed by atoms with Gasteiger partial charge in [0.05, 0.1) is 15.9 Å². The average molecular weight is 341 g/mol. The molecule has 0 saturated carbocycles. The SMILES string of the molecule is COCC(C)(C)c1nc(C)c(I)c(Cl)n1. The van der Waals surface area contributed by atoms with Gasteiger partial charge in [-0.2, -0.15) is 0 Å². The van der Waals surface area contributed by atoms with Crippen molar-refractivity contribution in [2.75, 3.05) is 13.7 Å². The molecular weight excluding hydrogens is 326 g/mol. The standard InChI is InChI=1S/C10H14ClIN2O/c1-6-7(12)8(11)14-9(13-6)10(2,3)5-15-4/h5H2,1-4H3. The monoisotopic (exact) mass is 340 g/mol. The first-order valence-corrected chi connectivity index (χ1v) is 6.03. The molecule has 0 saturated heterocycles. The first-order chi connectivity index (χ1) is 6.88. The maximum atomic E-state index is 6.03. The molecule has 1 heterocycles. The Labute approximate surface area is 109 Å². The van der Waals surface area contributed by atoms with Gasteiger partial charge in [-0.05, 0) is 29.5 Å². The zero-order valence-electron chi connectivity index (χ0n) is 9.27. The van der Waals surface area contributed by atoms with Crippen molar-refractivity contribution in [3.05, 3.63) is 20.2 Å². The maximum absolute atomic E-state index is 6.03. The highest BCUT2D eigenvalue weighted by Crippen LogP contribution is 2.25. The highest BCUT2D eigenvalue weighted by Gasteiger charge is 2.25. The first kappa shape index (κ1) is 13.1. The molecule has 0 N–H and O–H groups in total. The van der Waals surface area contributed by atoms with Crippen LogP contribution in [0.3, 0.4) is 0 Å². The van der Waals surface area contributed by atoms with E-state index in [1.165, 1.54) is 0 Å². The fraction of sp³-hybridized carbons (Fsp3) is 0.600. The van der Waals surface area contributed by atoms with Crippen LogP contribution in [0, 0.1) is 10.5 Å². The second-order valence-corrected chi connectivity index (χ2v) is 5.49. The van der Waals surface area contributed by atoms with Crippen molar-refractivity contribution in [3.63, 3.8) is 0 Å². The number of halogens is 2. The molecule has 0 aliphatic carbocycles. The lowest BCUT2D eigenvalue weighted by Crippen LogP contribution is -2.27. The van der Waals surface area contributed by atoms with Crippen LogP contribution >= 0.6 is 34.2 Å². The highest BCUT2D eigenvalue weighted by molar-refractivity contribution is 14.1. The summed E-state index contributed by atoms with van der Waals surface area (Å²) in [7, 11) is 1.67. The minimum atomic E-state index is -0.215. The largest absolute Gasteiger partial charge is 0.384 e. The van der Waals surface area contributed by atoms with Crippen molar-refractivity contribution in [3.8, 4) is 0 Å². The van der Waals surface area contributed by atoms with Crippen LogP contribution in [0.2, 0.25) is 5.15 Å². The third-order valence-electron chi connectivity index (χ3n) is 2.09. The third kappa shape index (κ3) is 3.01. The Balaban J connectivity index is 3.16. The van der Waals surface area contributed by atoms with Gasteiger partial charge in [0, 0.05) is 12.5 Å². The van der Waals surface area contributed by atoms with Crippen LogP contribution < -0.4 is 0 Å². The lowest BCUT2D eigenvalue weighted by atomic mass is 9.93. The molecule has 3 nitrogen and oxygen atoms in total. The molecular formula is C10H14ClIN2O. The Bertz CT molecular complexity index is 345. The Kier molecular flexibility index (Phi) is 4.31. The van der Waals surface area contributed by atoms with Crippen molar-refractivity contribution in [2.24, 2.45) is 0 Å². The molecule has 1 aromatic rings. The molecule has 0 unspecified atom stereocenters. The van der Waals surface area contributed by atoms with Gasteiger partial charge >= 0.3 is 0 Å². The number of hydrogen-bond acceptors (Lipinski definition) is 3. The van der Waals surface area contributed by atoms with Crippen LogP contribution in [0.1, 0.15) is 25.4 Å². The zero-order valence-corrected chi connectivity index (χ0v) is 12.2. The van der Waals surface area contributed by atoms with Crippen LogP contribution in [-0.2, 0) is 10.2 Å². The van der Waals surface area contributed by atoms with Crippen LogP contribution in [0.25, 0.3) is 0 Å². The van der Waals surface area contributed by atoms with E-state index < -0.39 is 0 Å². The molecule has 0 aliphatic heterocycles. The molecule has 84 valence electrons. The highest BCUT2D eigenvalue weighted by atomic mass is 127. The van der Waals surface area contributed by atoms with Crippen molar-refractivity contribution in [1.82, 2.24) is 9.97 Å². The second-order valence-electron chi connectivity index (χ2n) is 4.05. The molecule has 0 radical (unpaired) electrons. The molecule has 0 fully saturated rings. The summed E-state index contributed by atoms with van der Waals surface area (Å²) < 4.78 is 6.05. The molecule has 0 aliphatic rings. The summed E-state index contributed by atoms with van der Waals surface area (Å²) in [5, 5.41) is 0.516. The van der Waals surface area contributed by atoms with E-state index in [1.54, 1.807) is 7.11 Å². The number of rotatable bonds is 3. The zero-order chi connectivity index (χ0) is 11.6. The second kappa shape index (κ2) is 4.93. The van der Waals surface area contributed by atoms with Crippen LogP contribution in [0.4, 0.5) is 0 Å². The molecule has 15 heavy (non-hydrogen) atoms. The molecule has 0 amide bonds. The van der Waals surface area contributed by atoms with E-state index in [-0.39, 0.29) is 5.41 Å². The Morgan fingerprint density at radius 2 is 2.00 bits per heavy atom. The van der Waals surface area contributed by atoms with E-state index in [4.69, 9.17) is 16.3 Å². The van der Waals surface area contributed by atoms with E-state index in [0.717, 1.165) is 15.1 Å². The summed E-state index contributed by atoms with van der Waals surface area (Å²) in [6, 6.07) is 0. The molecule has 0 bridgehead atoms. The minimum absolute atomic E-state index is 0.215. The van der Waals surface area contributed by atoms with Crippen LogP contribution in [0.5, 0.6) is 0 Å². The molecule has 0 spiro atoms. The summed E-state index contributed by atoms with van der Waals surface area (Å²) >= 11 is 8.17. The Morgan fingerprint density at radius 1 is 1.40 bits per heavy atom. The Hall–Kier alpha value is 0.0600. The van der Waals surface area contributed by atoms with Gasteiger partial charge in [0.15, 0.2) is 0 Å². The van der Waals surface area contributed by atoms with E-state index in [9.17, 15) is 0 Å². The fourth-order valence-corrected chi connectivity index (χ4v) is 1.71. The van der Waals surface area contributed by atoms with E-state index in [2.05, 4.69) is 32.6 Å². The average Bonchev–Trinajstić information content (AvgIpc) is 2.13. The topological polar surface area (TPSA) is 35.0 Å². The predicted molar refractivity (Wildman–Crippen MR) is 69.4 cm³/mol. The van der Waals surface area contributed by atoms with Crippen molar-refractivity contribution < 1.29 is 4.74 Å². The lowest BCUT2D eigenvalue weighted by Gasteiger charge is -2.22. The molecule has 5 heteroatoms.